The van der Waals surface area contributed by atoms with E-state index in [9.17, 15) is 8.42 Å². The van der Waals surface area contributed by atoms with Gasteiger partial charge in [-0.3, -0.25) is 4.72 Å². The average Bonchev–Trinajstić information content (AvgIpc) is 2.48. The quantitative estimate of drug-likeness (QED) is 0.737. The van der Waals surface area contributed by atoms with Gasteiger partial charge < -0.3 is 9.64 Å². The molecule has 0 aliphatic carbocycles. The Balaban J connectivity index is 2.33. The van der Waals surface area contributed by atoms with Crippen LogP contribution >= 0.6 is 11.8 Å². The van der Waals surface area contributed by atoms with Gasteiger partial charge >= 0.3 is 0 Å². The SMILES string of the molecule is CSc1ccc(Oc2ccc(NS(C)(=O)=O)cc2CN(C)C)cc1C. The van der Waals surface area contributed by atoms with Crippen LogP contribution in [0.3, 0.4) is 0 Å². The fourth-order valence-corrected chi connectivity index (χ4v) is 3.60. The molecule has 0 heterocycles. The van der Waals surface area contributed by atoms with E-state index in [1.165, 1.54) is 4.90 Å². The highest BCUT2D eigenvalue weighted by Gasteiger charge is 2.11. The fourth-order valence-electron chi connectivity index (χ4n) is 2.46. The summed E-state index contributed by atoms with van der Waals surface area (Å²) in [5.41, 5.74) is 2.60. The second kappa shape index (κ2) is 8.12. The van der Waals surface area contributed by atoms with Gasteiger partial charge in [-0.2, -0.15) is 0 Å². The van der Waals surface area contributed by atoms with Crippen molar-refractivity contribution in [1.82, 2.24) is 4.90 Å². The van der Waals surface area contributed by atoms with Gasteiger partial charge in [-0.15, -0.1) is 11.8 Å². The molecular weight excluding hydrogens is 356 g/mol. The smallest absolute Gasteiger partial charge is 0.229 e. The third kappa shape index (κ3) is 5.95. The van der Waals surface area contributed by atoms with Gasteiger partial charge in [-0.25, -0.2) is 8.42 Å². The molecule has 0 saturated heterocycles. The van der Waals surface area contributed by atoms with Crippen molar-refractivity contribution >= 4 is 27.5 Å². The topological polar surface area (TPSA) is 58.6 Å². The van der Waals surface area contributed by atoms with E-state index < -0.39 is 10.0 Å². The molecule has 0 saturated carbocycles. The molecule has 7 heteroatoms. The van der Waals surface area contributed by atoms with Crippen LogP contribution in [0.1, 0.15) is 11.1 Å². The van der Waals surface area contributed by atoms with Crippen LogP contribution in [0, 0.1) is 6.92 Å². The Morgan fingerprint density at radius 3 is 2.44 bits per heavy atom. The number of thioether (sulfide) groups is 1. The van der Waals surface area contributed by atoms with Crippen molar-refractivity contribution in [2.24, 2.45) is 0 Å². The van der Waals surface area contributed by atoms with Crippen LogP contribution in [0.2, 0.25) is 0 Å². The molecular formula is C18H24N2O3S2. The Labute approximate surface area is 154 Å². The molecule has 25 heavy (non-hydrogen) atoms. The highest BCUT2D eigenvalue weighted by atomic mass is 32.2. The van der Waals surface area contributed by atoms with Crippen LogP contribution in [-0.4, -0.2) is 39.9 Å². The molecule has 5 nitrogen and oxygen atoms in total. The maximum Gasteiger partial charge on any atom is 0.229 e. The lowest BCUT2D eigenvalue weighted by molar-refractivity contribution is 0.388. The summed E-state index contributed by atoms with van der Waals surface area (Å²) in [6.45, 7) is 2.69. The second-order valence-electron chi connectivity index (χ2n) is 6.17. The molecule has 0 aliphatic heterocycles. The van der Waals surface area contributed by atoms with Crippen molar-refractivity contribution in [3.63, 3.8) is 0 Å². The van der Waals surface area contributed by atoms with Crippen molar-refractivity contribution in [1.29, 1.82) is 0 Å². The standard InChI is InChI=1S/C18H24N2O3S2/c1-13-10-16(7-9-18(13)24-4)23-17-8-6-15(19-25(5,21)22)11-14(17)12-20(2)3/h6-11,19H,12H2,1-5H3. The highest BCUT2D eigenvalue weighted by molar-refractivity contribution is 7.98. The molecule has 0 amide bonds. The van der Waals surface area contributed by atoms with Gasteiger partial charge in [0.2, 0.25) is 10.0 Å². The van der Waals surface area contributed by atoms with Crippen molar-refractivity contribution in [2.75, 3.05) is 31.3 Å². The second-order valence-corrected chi connectivity index (χ2v) is 8.76. The zero-order chi connectivity index (χ0) is 18.6. The summed E-state index contributed by atoms with van der Waals surface area (Å²) in [6.07, 6.45) is 3.19. The molecule has 2 rings (SSSR count). The molecule has 0 fully saturated rings. The third-order valence-corrected chi connectivity index (χ3v) is 4.95. The molecule has 0 atom stereocenters. The fraction of sp³-hybridized carbons (Fsp3) is 0.333. The van der Waals surface area contributed by atoms with Crippen LogP contribution in [0.15, 0.2) is 41.3 Å². The predicted octanol–water partition coefficient (Wildman–Crippen LogP) is 3.94. The summed E-state index contributed by atoms with van der Waals surface area (Å²) >= 11 is 1.70. The first-order chi connectivity index (χ1) is 11.7. The van der Waals surface area contributed by atoms with Gasteiger partial charge in [-0.05, 0) is 69.2 Å². The minimum atomic E-state index is -3.31. The summed E-state index contributed by atoms with van der Waals surface area (Å²) in [7, 11) is 0.598. The summed E-state index contributed by atoms with van der Waals surface area (Å²) in [5.74, 6) is 1.48. The van der Waals surface area contributed by atoms with E-state index in [-0.39, 0.29) is 0 Å². The molecule has 0 radical (unpaired) electrons. The number of ether oxygens (including phenoxy) is 1. The molecule has 0 spiro atoms. The van der Waals surface area contributed by atoms with E-state index >= 15 is 0 Å². The number of benzene rings is 2. The minimum absolute atomic E-state index is 0.528. The first-order valence-corrected chi connectivity index (χ1v) is 10.9. The van der Waals surface area contributed by atoms with Crippen molar-refractivity contribution in [3.8, 4) is 11.5 Å². The zero-order valence-corrected chi connectivity index (χ0v) is 16.8. The number of hydrogen-bond acceptors (Lipinski definition) is 5. The maximum absolute atomic E-state index is 11.5. The Morgan fingerprint density at radius 1 is 1.16 bits per heavy atom. The number of nitrogens with one attached hydrogen (secondary N) is 1. The minimum Gasteiger partial charge on any atom is -0.457 e. The van der Waals surface area contributed by atoms with Crippen LogP contribution < -0.4 is 9.46 Å². The van der Waals surface area contributed by atoms with Crippen molar-refractivity contribution < 1.29 is 13.2 Å². The van der Waals surface area contributed by atoms with E-state index in [0.717, 1.165) is 23.1 Å². The number of hydrogen-bond donors (Lipinski definition) is 1. The molecule has 1 N–H and O–H groups in total. The maximum atomic E-state index is 11.5. The molecule has 2 aromatic carbocycles. The lowest BCUT2D eigenvalue weighted by Gasteiger charge is -2.17. The van der Waals surface area contributed by atoms with Gasteiger partial charge in [-0.1, -0.05) is 0 Å². The van der Waals surface area contributed by atoms with Crippen LogP contribution in [0.25, 0.3) is 0 Å². The van der Waals surface area contributed by atoms with Crippen LogP contribution in [-0.2, 0) is 16.6 Å². The summed E-state index contributed by atoms with van der Waals surface area (Å²) in [6, 6.07) is 11.3. The molecule has 0 unspecified atom stereocenters. The summed E-state index contributed by atoms with van der Waals surface area (Å²) in [5, 5.41) is 0. The Hall–Kier alpha value is -1.70. The number of nitrogens with zero attached hydrogens (tertiary/aromatic N) is 1. The molecule has 0 bridgehead atoms. The van der Waals surface area contributed by atoms with Crippen LogP contribution in [0.4, 0.5) is 5.69 Å². The number of anilines is 1. The van der Waals surface area contributed by atoms with Gasteiger partial charge in [0.05, 0.1) is 6.26 Å². The van der Waals surface area contributed by atoms with Gasteiger partial charge in [0.25, 0.3) is 0 Å². The largest absolute Gasteiger partial charge is 0.457 e. The Bertz CT molecular complexity index is 849. The lowest BCUT2D eigenvalue weighted by atomic mass is 10.1. The van der Waals surface area contributed by atoms with Crippen LogP contribution in [0.5, 0.6) is 11.5 Å². The van der Waals surface area contributed by atoms with E-state index in [0.29, 0.717) is 18.0 Å². The predicted molar refractivity (Wildman–Crippen MR) is 105 cm³/mol. The zero-order valence-electron chi connectivity index (χ0n) is 15.2. The highest BCUT2D eigenvalue weighted by Crippen LogP contribution is 2.31. The lowest BCUT2D eigenvalue weighted by Crippen LogP contribution is -2.13. The van der Waals surface area contributed by atoms with E-state index in [4.69, 9.17) is 4.74 Å². The molecule has 2 aromatic rings. The average molecular weight is 381 g/mol. The first-order valence-electron chi connectivity index (χ1n) is 7.76. The van der Waals surface area contributed by atoms with E-state index in [2.05, 4.69) is 11.6 Å². The van der Waals surface area contributed by atoms with Gasteiger partial charge in [0.1, 0.15) is 11.5 Å². The van der Waals surface area contributed by atoms with Gasteiger partial charge in [0, 0.05) is 22.7 Å². The van der Waals surface area contributed by atoms with Gasteiger partial charge in [0.15, 0.2) is 0 Å². The normalized spacial score (nSPS) is 11.6. The van der Waals surface area contributed by atoms with E-state index in [1.54, 1.807) is 30.0 Å². The number of sulfonamides is 1. The van der Waals surface area contributed by atoms with Crippen molar-refractivity contribution in [2.45, 2.75) is 18.4 Å². The molecule has 0 aliphatic rings. The molecule has 136 valence electrons. The van der Waals surface area contributed by atoms with Crippen molar-refractivity contribution in [3.05, 3.63) is 47.5 Å². The number of rotatable bonds is 7. The first kappa shape index (κ1) is 19.6. The summed E-state index contributed by atoms with van der Waals surface area (Å²) < 4.78 is 31.5. The Kier molecular flexibility index (Phi) is 6.37. The third-order valence-electron chi connectivity index (χ3n) is 3.44. The number of aryl methyl sites for hydroxylation is 1. The Morgan fingerprint density at radius 2 is 1.88 bits per heavy atom. The summed E-state index contributed by atoms with van der Waals surface area (Å²) in [4.78, 5) is 3.22. The van der Waals surface area contributed by atoms with E-state index in [1.807, 2.05) is 43.5 Å². The monoisotopic (exact) mass is 380 g/mol. The molecule has 0 aromatic heterocycles.